The molecular formula is C19H25NO3. The lowest BCUT2D eigenvalue weighted by Gasteiger charge is -2.57. The minimum Gasteiger partial charge on any atom is -0.508 e. The standard InChI is InChI=1S/C19H25NO3/c1-18(2)9-10-8-12-11-4-5-13(21)17-19(11,6-7-20(12)3)14(10)15(23-17)16(18)22/h4-5,11-13,17,21-22H,6-9H2,1-3H3/t11-,12+,13-,17-,19-/m0/s1. The van der Waals surface area contributed by atoms with Crippen LogP contribution in [0.25, 0.3) is 0 Å². The maximum atomic E-state index is 10.8. The number of aliphatic hydroxyl groups excluding tert-OH is 2. The average molecular weight is 315 g/mol. The molecule has 2 saturated heterocycles. The minimum absolute atomic E-state index is 0.140. The molecule has 0 aromatic heterocycles. The van der Waals surface area contributed by atoms with E-state index >= 15 is 0 Å². The lowest BCUT2D eigenvalue weighted by Crippen LogP contribution is -2.61. The van der Waals surface area contributed by atoms with Gasteiger partial charge in [0.15, 0.2) is 5.76 Å². The predicted octanol–water partition coefficient (Wildman–Crippen LogP) is 2.52. The summed E-state index contributed by atoms with van der Waals surface area (Å²) in [6, 6.07) is 0.479. The fourth-order valence-corrected chi connectivity index (χ4v) is 5.97. The molecule has 4 heteroatoms. The van der Waals surface area contributed by atoms with Crippen molar-refractivity contribution < 1.29 is 14.9 Å². The van der Waals surface area contributed by atoms with Crippen molar-refractivity contribution in [3.05, 3.63) is 34.8 Å². The fraction of sp³-hybridized carbons (Fsp3) is 0.684. The van der Waals surface area contributed by atoms with E-state index in [-0.39, 0.29) is 16.9 Å². The topological polar surface area (TPSA) is 52.9 Å². The monoisotopic (exact) mass is 315 g/mol. The Balaban J connectivity index is 1.80. The van der Waals surface area contributed by atoms with Crippen molar-refractivity contribution in [3.8, 4) is 0 Å². The lowest BCUT2D eigenvalue weighted by molar-refractivity contribution is -0.0798. The molecule has 1 spiro atoms. The zero-order valence-corrected chi connectivity index (χ0v) is 14.0. The Kier molecular flexibility index (Phi) is 2.48. The number of hydrogen-bond acceptors (Lipinski definition) is 4. The van der Waals surface area contributed by atoms with Crippen molar-refractivity contribution >= 4 is 0 Å². The van der Waals surface area contributed by atoms with Gasteiger partial charge in [0.05, 0.1) is 0 Å². The van der Waals surface area contributed by atoms with Crippen molar-refractivity contribution in [2.45, 2.75) is 51.4 Å². The third kappa shape index (κ3) is 1.46. The van der Waals surface area contributed by atoms with E-state index in [4.69, 9.17) is 4.74 Å². The van der Waals surface area contributed by atoms with Gasteiger partial charge in [-0.2, -0.15) is 0 Å². The molecule has 0 amide bonds. The molecule has 2 N–H and O–H groups in total. The van der Waals surface area contributed by atoms with Crippen LogP contribution in [0, 0.1) is 16.7 Å². The van der Waals surface area contributed by atoms with Crippen molar-refractivity contribution in [3.63, 3.8) is 0 Å². The summed E-state index contributed by atoms with van der Waals surface area (Å²) >= 11 is 0. The van der Waals surface area contributed by atoms with E-state index in [9.17, 15) is 10.2 Å². The highest BCUT2D eigenvalue weighted by Gasteiger charge is 2.66. The molecule has 2 fully saturated rings. The Morgan fingerprint density at radius 2 is 2.09 bits per heavy atom. The van der Waals surface area contributed by atoms with Gasteiger partial charge in [-0.05, 0) is 32.9 Å². The average Bonchev–Trinajstić information content (AvgIpc) is 2.84. The molecule has 5 aliphatic rings. The summed E-state index contributed by atoms with van der Waals surface area (Å²) in [5.41, 5.74) is 2.27. The molecule has 2 heterocycles. The third-order valence-electron chi connectivity index (χ3n) is 7.05. The van der Waals surface area contributed by atoms with Gasteiger partial charge in [-0.25, -0.2) is 0 Å². The maximum Gasteiger partial charge on any atom is 0.161 e. The molecular weight excluding hydrogens is 290 g/mol. The molecule has 5 rings (SSSR count). The highest BCUT2D eigenvalue weighted by Crippen LogP contribution is 2.66. The van der Waals surface area contributed by atoms with Gasteiger partial charge in [0.1, 0.15) is 18.0 Å². The zero-order chi connectivity index (χ0) is 16.1. The van der Waals surface area contributed by atoms with Gasteiger partial charge in [-0.1, -0.05) is 31.6 Å². The fourth-order valence-electron chi connectivity index (χ4n) is 5.97. The van der Waals surface area contributed by atoms with Gasteiger partial charge in [0, 0.05) is 28.4 Å². The van der Waals surface area contributed by atoms with Crippen LogP contribution in [0.2, 0.25) is 0 Å². The molecule has 124 valence electrons. The Labute approximate surface area is 137 Å². The number of nitrogens with zero attached hydrogens (tertiary/aromatic N) is 1. The number of ether oxygens (including phenoxy) is 1. The lowest BCUT2D eigenvalue weighted by atomic mass is 9.51. The molecule has 0 aromatic rings. The Bertz CT molecular complexity index is 689. The summed E-state index contributed by atoms with van der Waals surface area (Å²) in [5.74, 6) is 1.44. The molecule has 5 atom stereocenters. The van der Waals surface area contributed by atoms with E-state index in [0.717, 1.165) is 25.8 Å². The summed E-state index contributed by atoms with van der Waals surface area (Å²) in [6.45, 7) is 5.19. The molecule has 0 unspecified atom stereocenters. The van der Waals surface area contributed by atoms with Crippen LogP contribution in [0.5, 0.6) is 0 Å². The van der Waals surface area contributed by atoms with E-state index < -0.39 is 6.10 Å². The van der Waals surface area contributed by atoms with Crippen LogP contribution in [-0.4, -0.2) is 47.0 Å². The molecule has 3 aliphatic carbocycles. The summed E-state index contributed by atoms with van der Waals surface area (Å²) in [5, 5.41) is 21.4. The van der Waals surface area contributed by atoms with Crippen LogP contribution in [0.3, 0.4) is 0 Å². The first-order valence-corrected chi connectivity index (χ1v) is 8.76. The normalized spacial score (nSPS) is 46.8. The Morgan fingerprint density at radius 3 is 2.87 bits per heavy atom. The van der Waals surface area contributed by atoms with Gasteiger partial charge >= 0.3 is 0 Å². The highest BCUT2D eigenvalue weighted by atomic mass is 16.5. The van der Waals surface area contributed by atoms with Gasteiger partial charge < -0.3 is 19.8 Å². The Hall–Kier alpha value is -1.26. The second-order valence-corrected chi connectivity index (χ2v) is 8.70. The van der Waals surface area contributed by atoms with E-state index in [1.165, 1.54) is 11.1 Å². The number of likely N-dealkylation sites (tertiary alicyclic amines) is 1. The Morgan fingerprint density at radius 1 is 1.30 bits per heavy atom. The number of rotatable bonds is 0. The molecule has 4 nitrogen and oxygen atoms in total. The van der Waals surface area contributed by atoms with Gasteiger partial charge in [-0.15, -0.1) is 0 Å². The SMILES string of the molecule is CN1CC[C@@]23C4=C5C[C@@H]1[C@@H]2C=C[C@H](O)[C@@H]3OC4=C(O)C(C)(C)C5. The maximum absolute atomic E-state index is 10.8. The quantitative estimate of drug-likeness (QED) is 0.675. The van der Waals surface area contributed by atoms with Crippen LogP contribution in [-0.2, 0) is 4.74 Å². The second-order valence-electron chi connectivity index (χ2n) is 8.70. The van der Waals surface area contributed by atoms with Crippen molar-refractivity contribution in [1.82, 2.24) is 4.90 Å². The van der Waals surface area contributed by atoms with Gasteiger partial charge in [-0.3, -0.25) is 0 Å². The van der Waals surface area contributed by atoms with Crippen LogP contribution >= 0.6 is 0 Å². The zero-order valence-electron chi connectivity index (χ0n) is 14.0. The van der Waals surface area contributed by atoms with E-state index in [2.05, 4.69) is 31.9 Å². The highest BCUT2D eigenvalue weighted by molar-refractivity contribution is 5.54. The number of aliphatic hydroxyl groups is 2. The summed E-state index contributed by atoms with van der Waals surface area (Å²) < 4.78 is 6.27. The molecule has 0 radical (unpaired) electrons. The van der Waals surface area contributed by atoms with Crippen molar-refractivity contribution in [1.29, 1.82) is 0 Å². The summed E-state index contributed by atoms with van der Waals surface area (Å²) in [4.78, 5) is 2.47. The van der Waals surface area contributed by atoms with Crippen LogP contribution in [0.1, 0.15) is 33.1 Å². The van der Waals surface area contributed by atoms with Crippen LogP contribution in [0.15, 0.2) is 34.8 Å². The van der Waals surface area contributed by atoms with Crippen LogP contribution in [0.4, 0.5) is 0 Å². The smallest absolute Gasteiger partial charge is 0.161 e. The molecule has 2 aliphatic heterocycles. The minimum atomic E-state index is -0.587. The third-order valence-corrected chi connectivity index (χ3v) is 7.05. The number of piperidine rings is 1. The first kappa shape index (κ1) is 14.1. The van der Waals surface area contributed by atoms with E-state index in [0.29, 0.717) is 23.5 Å². The largest absolute Gasteiger partial charge is 0.508 e. The van der Waals surface area contributed by atoms with Gasteiger partial charge in [0.25, 0.3) is 0 Å². The van der Waals surface area contributed by atoms with Crippen molar-refractivity contribution in [2.75, 3.05) is 13.6 Å². The first-order valence-electron chi connectivity index (χ1n) is 8.76. The second kappa shape index (κ2) is 4.04. The van der Waals surface area contributed by atoms with E-state index in [1.54, 1.807) is 0 Å². The molecule has 0 saturated carbocycles. The summed E-state index contributed by atoms with van der Waals surface area (Å²) in [6.07, 6.45) is 6.23. The molecule has 23 heavy (non-hydrogen) atoms. The van der Waals surface area contributed by atoms with Gasteiger partial charge in [0.2, 0.25) is 0 Å². The molecule has 0 aromatic carbocycles. The van der Waals surface area contributed by atoms with E-state index in [1.807, 2.05) is 6.08 Å². The van der Waals surface area contributed by atoms with Crippen molar-refractivity contribution in [2.24, 2.45) is 16.7 Å². The van der Waals surface area contributed by atoms with Crippen LogP contribution < -0.4 is 0 Å². The first-order chi connectivity index (χ1) is 10.9. The summed E-state index contributed by atoms with van der Waals surface area (Å²) in [7, 11) is 2.22. The molecule has 2 bridgehead atoms. The predicted molar refractivity (Wildman–Crippen MR) is 86.7 cm³/mol. The number of allylic oxidation sites excluding steroid dienone is 2. The number of hydrogen-bond donors (Lipinski definition) is 2.